The molecule has 2 rings (SSSR count). The maximum atomic E-state index is 11.9. The molecule has 1 aliphatic heterocycles. The average Bonchev–Trinajstić information content (AvgIpc) is 2.92. The monoisotopic (exact) mass is 329 g/mol. The van der Waals surface area contributed by atoms with Crippen LogP contribution in [0.4, 0.5) is 0 Å². The molecule has 1 aliphatic rings. The molecule has 4 nitrogen and oxygen atoms in total. The van der Waals surface area contributed by atoms with Crippen molar-refractivity contribution >= 4 is 28.8 Å². The first-order chi connectivity index (χ1) is 10.1. The lowest BCUT2D eigenvalue weighted by Crippen LogP contribution is -2.48. The Morgan fingerprint density at radius 1 is 1.62 bits per heavy atom. The molecule has 0 aromatic carbocycles. The maximum absolute atomic E-state index is 11.9. The summed E-state index contributed by atoms with van der Waals surface area (Å²) < 4.78 is 0.790. The van der Waals surface area contributed by atoms with Crippen LogP contribution in [-0.2, 0) is 4.79 Å². The summed E-state index contributed by atoms with van der Waals surface area (Å²) >= 11 is 7.68. The zero-order chi connectivity index (χ0) is 15.4. The van der Waals surface area contributed by atoms with E-state index in [1.807, 2.05) is 6.07 Å². The molecule has 0 aliphatic carbocycles. The molecule has 1 fully saturated rings. The SMILES string of the molecule is CCC(N)C(c1ccc(Cl)s1)N1CCCC(C(=O)NC)C1. The average molecular weight is 330 g/mol. The molecule has 0 saturated carbocycles. The summed E-state index contributed by atoms with van der Waals surface area (Å²) in [7, 11) is 1.70. The Morgan fingerprint density at radius 2 is 2.38 bits per heavy atom. The topological polar surface area (TPSA) is 58.4 Å². The smallest absolute Gasteiger partial charge is 0.224 e. The molecule has 0 spiro atoms. The number of halogens is 1. The molecule has 1 aromatic heterocycles. The van der Waals surface area contributed by atoms with Gasteiger partial charge in [-0.3, -0.25) is 9.69 Å². The van der Waals surface area contributed by atoms with E-state index >= 15 is 0 Å². The molecule has 1 amide bonds. The Balaban J connectivity index is 2.18. The van der Waals surface area contributed by atoms with Crippen molar-refractivity contribution in [1.29, 1.82) is 0 Å². The van der Waals surface area contributed by atoms with Crippen LogP contribution in [0, 0.1) is 5.92 Å². The van der Waals surface area contributed by atoms with Crippen LogP contribution in [0.5, 0.6) is 0 Å². The number of likely N-dealkylation sites (tertiary alicyclic amines) is 1. The van der Waals surface area contributed by atoms with E-state index in [1.165, 1.54) is 4.88 Å². The van der Waals surface area contributed by atoms with Crippen LogP contribution in [-0.4, -0.2) is 37.0 Å². The van der Waals surface area contributed by atoms with Gasteiger partial charge in [0.25, 0.3) is 0 Å². The van der Waals surface area contributed by atoms with Gasteiger partial charge < -0.3 is 11.1 Å². The minimum absolute atomic E-state index is 0.0585. The minimum Gasteiger partial charge on any atom is -0.359 e. The third-order valence-corrected chi connectivity index (χ3v) is 5.53. The van der Waals surface area contributed by atoms with E-state index in [1.54, 1.807) is 18.4 Å². The summed E-state index contributed by atoms with van der Waals surface area (Å²) in [6.07, 6.45) is 2.89. The van der Waals surface area contributed by atoms with E-state index in [0.717, 1.165) is 36.7 Å². The summed E-state index contributed by atoms with van der Waals surface area (Å²) in [5.41, 5.74) is 6.36. The van der Waals surface area contributed by atoms with Crippen molar-refractivity contribution in [2.24, 2.45) is 11.7 Å². The van der Waals surface area contributed by atoms with Crippen LogP contribution in [0.2, 0.25) is 4.34 Å². The number of nitrogens with one attached hydrogen (secondary N) is 1. The second kappa shape index (κ2) is 7.58. The number of thiophene rings is 1. The van der Waals surface area contributed by atoms with Crippen molar-refractivity contribution in [1.82, 2.24) is 10.2 Å². The molecule has 21 heavy (non-hydrogen) atoms. The van der Waals surface area contributed by atoms with Gasteiger partial charge in [-0.15, -0.1) is 11.3 Å². The van der Waals surface area contributed by atoms with E-state index in [2.05, 4.69) is 23.2 Å². The highest BCUT2D eigenvalue weighted by atomic mass is 35.5. The fraction of sp³-hybridized carbons (Fsp3) is 0.667. The van der Waals surface area contributed by atoms with Crippen molar-refractivity contribution in [3.8, 4) is 0 Å². The third-order valence-electron chi connectivity index (χ3n) is 4.23. The molecular weight excluding hydrogens is 306 g/mol. The lowest BCUT2D eigenvalue weighted by Gasteiger charge is -2.39. The van der Waals surface area contributed by atoms with Crippen LogP contribution < -0.4 is 11.1 Å². The molecule has 1 aromatic rings. The van der Waals surface area contributed by atoms with Crippen molar-refractivity contribution < 1.29 is 4.79 Å². The second-order valence-electron chi connectivity index (χ2n) is 5.61. The molecule has 0 bridgehead atoms. The Kier molecular flexibility index (Phi) is 6.05. The van der Waals surface area contributed by atoms with E-state index in [9.17, 15) is 4.79 Å². The number of rotatable bonds is 5. The van der Waals surface area contributed by atoms with E-state index in [-0.39, 0.29) is 23.9 Å². The molecular formula is C15H24ClN3OS. The number of piperidine rings is 1. The zero-order valence-electron chi connectivity index (χ0n) is 12.6. The van der Waals surface area contributed by atoms with E-state index in [4.69, 9.17) is 17.3 Å². The first-order valence-corrected chi connectivity index (χ1v) is 8.72. The molecule has 6 heteroatoms. The van der Waals surface area contributed by atoms with Crippen LogP contribution in [0.25, 0.3) is 0 Å². The highest BCUT2D eigenvalue weighted by molar-refractivity contribution is 7.16. The molecule has 1 saturated heterocycles. The second-order valence-corrected chi connectivity index (χ2v) is 7.35. The van der Waals surface area contributed by atoms with Crippen molar-refractivity contribution in [3.05, 3.63) is 21.3 Å². The molecule has 3 atom stereocenters. The predicted octanol–water partition coefficient (Wildman–Crippen LogP) is 2.64. The minimum atomic E-state index is 0.0585. The highest BCUT2D eigenvalue weighted by Gasteiger charge is 2.33. The number of hydrogen-bond donors (Lipinski definition) is 2. The van der Waals surface area contributed by atoms with Gasteiger partial charge in [0.1, 0.15) is 0 Å². The summed E-state index contributed by atoms with van der Waals surface area (Å²) in [5.74, 6) is 0.193. The largest absolute Gasteiger partial charge is 0.359 e. The van der Waals surface area contributed by atoms with Gasteiger partial charge >= 0.3 is 0 Å². The zero-order valence-corrected chi connectivity index (χ0v) is 14.2. The number of nitrogens with zero attached hydrogens (tertiary/aromatic N) is 1. The Morgan fingerprint density at radius 3 is 2.95 bits per heavy atom. The highest BCUT2D eigenvalue weighted by Crippen LogP contribution is 2.35. The van der Waals surface area contributed by atoms with Gasteiger partial charge in [0.15, 0.2) is 0 Å². The fourth-order valence-corrected chi connectivity index (χ4v) is 4.32. The third kappa shape index (κ3) is 3.97. The summed E-state index contributed by atoms with van der Waals surface area (Å²) in [4.78, 5) is 15.5. The number of hydrogen-bond acceptors (Lipinski definition) is 4. The standard InChI is InChI=1S/C15H24ClN3OS/c1-3-11(17)14(12-6-7-13(16)21-12)19-8-4-5-10(9-19)15(20)18-2/h6-7,10-11,14H,3-5,8-9,17H2,1-2H3,(H,18,20). The molecule has 0 radical (unpaired) electrons. The van der Waals surface area contributed by atoms with Gasteiger partial charge in [-0.1, -0.05) is 18.5 Å². The van der Waals surface area contributed by atoms with Crippen LogP contribution >= 0.6 is 22.9 Å². The van der Waals surface area contributed by atoms with Gasteiger partial charge in [0.05, 0.1) is 16.3 Å². The van der Waals surface area contributed by atoms with E-state index < -0.39 is 0 Å². The van der Waals surface area contributed by atoms with Crippen molar-refractivity contribution in [3.63, 3.8) is 0 Å². The number of nitrogens with two attached hydrogens (primary N) is 1. The Bertz CT molecular complexity index is 479. The predicted molar refractivity (Wildman–Crippen MR) is 88.7 cm³/mol. The van der Waals surface area contributed by atoms with Gasteiger partial charge in [-0.2, -0.15) is 0 Å². The molecule has 3 N–H and O–H groups in total. The summed E-state index contributed by atoms with van der Waals surface area (Å²) in [5, 5.41) is 2.77. The normalized spacial score (nSPS) is 22.8. The van der Waals surface area contributed by atoms with Crippen molar-refractivity contribution in [2.45, 2.75) is 38.3 Å². The van der Waals surface area contributed by atoms with Gasteiger partial charge in [0.2, 0.25) is 5.91 Å². The maximum Gasteiger partial charge on any atom is 0.224 e. The van der Waals surface area contributed by atoms with Gasteiger partial charge in [-0.05, 0) is 37.9 Å². The Labute approximate surface area is 135 Å². The quantitative estimate of drug-likeness (QED) is 0.873. The van der Waals surface area contributed by atoms with Crippen LogP contribution in [0.15, 0.2) is 12.1 Å². The molecule has 2 heterocycles. The van der Waals surface area contributed by atoms with Gasteiger partial charge in [-0.25, -0.2) is 0 Å². The van der Waals surface area contributed by atoms with Crippen molar-refractivity contribution in [2.75, 3.05) is 20.1 Å². The molecule has 3 unspecified atom stereocenters. The lowest BCUT2D eigenvalue weighted by molar-refractivity contribution is -0.126. The molecule has 118 valence electrons. The van der Waals surface area contributed by atoms with Crippen LogP contribution in [0.1, 0.15) is 37.1 Å². The summed E-state index contributed by atoms with van der Waals surface area (Å²) in [6, 6.07) is 4.21. The fourth-order valence-electron chi connectivity index (χ4n) is 3.05. The van der Waals surface area contributed by atoms with E-state index in [0.29, 0.717) is 0 Å². The summed E-state index contributed by atoms with van der Waals surface area (Å²) in [6.45, 7) is 3.86. The first-order valence-electron chi connectivity index (χ1n) is 7.53. The van der Waals surface area contributed by atoms with Gasteiger partial charge in [0, 0.05) is 24.5 Å². The van der Waals surface area contributed by atoms with Crippen LogP contribution in [0.3, 0.4) is 0 Å². The number of carbonyl (C=O) groups excluding carboxylic acids is 1. The number of carbonyl (C=O) groups is 1. The lowest BCUT2D eigenvalue weighted by atomic mass is 9.93. The first kappa shape index (κ1) is 16.7. The number of amides is 1. The Hall–Kier alpha value is -0.620.